The highest BCUT2D eigenvalue weighted by molar-refractivity contribution is 9.10. The number of halogens is 1. The highest BCUT2D eigenvalue weighted by Gasteiger charge is 2.15. The molecule has 0 radical (unpaired) electrons. The fraction of sp³-hybridized carbons (Fsp3) is 0.278. The van der Waals surface area contributed by atoms with E-state index in [0.717, 1.165) is 10.0 Å². The molecule has 1 amide bonds. The SMILES string of the molecule is COc1cc(Br)c(CCNC(=O)c2cccc(OC)c2O)cc1OC. The number of rotatable bonds is 7. The van der Waals surface area contributed by atoms with Gasteiger partial charge in [0.15, 0.2) is 23.0 Å². The van der Waals surface area contributed by atoms with E-state index in [9.17, 15) is 9.90 Å². The van der Waals surface area contributed by atoms with Gasteiger partial charge in [0.25, 0.3) is 5.91 Å². The third kappa shape index (κ3) is 4.36. The summed E-state index contributed by atoms with van der Waals surface area (Å²) in [5, 5.41) is 12.8. The number of methoxy groups -OCH3 is 3. The first-order valence-corrected chi connectivity index (χ1v) is 8.35. The number of aromatic hydroxyl groups is 1. The van der Waals surface area contributed by atoms with Gasteiger partial charge in [0.05, 0.1) is 26.9 Å². The molecule has 0 unspecified atom stereocenters. The van der Waals surface area contributed by atoms with Crippen molar-refractivity contribution < 1.29 is 24.1 Å². The Morgan fingerprint density at radius 3 is 2.36 bits per heavy atom. The van der Waals surface area contributed by atoms with Gasteiger partial charge in [0.2, 0.25) is 0 Å². The summed E-state index contributed by atoms with van der Waals surface area (Å²) in [6.45, 7) is 0.392. The molecule has 0 aliphatic heterocycles. The smallest absolute Gasteiger partial charge is 0.255 e. The highest BCUT2D eigenvalue weighted by Crippen LogP contribution is 2.33. The van der Waals surface area contributed by atoms with Crippen molar-refractivity contribution in [2.24, 2.45) is 0 Å². The zero-order valence-electron chi connectivity index (χ0n) is 14.3. The van der Waals surface area contributed by atoms with Crippen molar-refractivity contribution in [3.05, 3.63) is 45.9 Å². The standard InChI is InChI=1S/C18H20BrNO5/c1-23-14-6-4-5-12(17(14)21)18(22)20-8-7-11-9-15(24-2)16(25-3)10-13(11)19/h4-6,9-10,21H,7-8H2,1-3H3,(H,20,22). The molecule has 2 N–H and O–H groups in total. The Morgan fingerprint density at radius 2 is 1.72 bits per heavy atom. The van der Waals surface area contributed by atoms with E-state index in [1.165, 1.54) is 7.11 Å². The Hall–Kier alpha value is -2.41. The van der Waals surface area contributed by atoms with Gasteiger partial charge in [-0.3, -0.25) is 4.79 Å². The fourth-order valence-electron chi connectivity index (χ4n) is 2.36. The molecule has 2 aromatic rings. The minimum atomic E-state index is -0.368. The fourth-order valence-corrected chi connectivity index (χ4v) is 2.88. The Kier molecular flexibility index (Phi) is 6.52. The molecule has 0 bridgehead atoms. The van der Waals surface area contributed by atoms with E-state index in [1.54, 1.807) is 32.4 Å². The maximum absolute atomic E-state index is 12.2. The normalized spacial score (nSPS) is 10.2. The summed E-state index contributed by atoms with van der Waals surface area (Å²) in [6, 6.07) is 8.47. The van der Waals surface area contributed by atoms with Gasteiger partial charge >= 0.3 is 0 Å². The monoisotopic (exact) mass is 409 g/mol. The van der Waals surface area contributed by atoms with E-state index in [2.05, 4.69) is 21.2 Å². The molecule has 0 atom stereocenters. The lowest BCUT2D eigenvalue weighted by Gasteiger charge is -2.13. The first kappa shape index (κ1) is 18.9. The quantitative estimate of drug-likeness (QED) is 0.734. The molecular weight excluding hydrogens is 390 g/mol. The van der Waals surface area contributed by atoms with E-state index < -0.39 is 0 Å². The lowest BCUT2D eigenvalue weighted by Crippen LogP contribution is -2.25. The summed E-state index contributed by atoms with van der Waals surface area (Å²) in [4.78, 5) is 12.2. The number of para-hydroxylation sites is 1. The number of hydrogen-bond donors (Lipinski definition) is 2. The minimum absolute atomic E-state index is 0.171. The largest absolute Gasteiger partial charge is 0.504 e. The predicted octanol–water partition coefficient (Wildman–Crippen LogP) is 3.15. The van der Waals surface area contributed by atoms with Gasteiger partial charge in [0.1, 0.15) is 0 Å². The van der Waals surface area contributed by atoms with Crippen molar-refractivity contribution in [3.63, 3.8) is 0 Å². The number of phenolic OH excluding ortho intramolecular Hbond substituents is 1. The van der Waals surface area contributed by atoms with Gasteiger partial charge < -0.3 is 24.6 Å². The molecule has 7 heteroatoms. The van der Waals surface area contributed by atoms with E-state index in [4.69, 9.17) is 14.2 Å². The van der Waals surface area contributed by atoms with Crippen LogP contribution in [0.15, 0.2) is 34.8 Å². The molecule has 0 saturated heterocycles. The maximum Gasteiger partial charge on any atom is 0.255 e. The number of phenols is 1. The molecule has 0 heterocycles. The molecule has 2 aromatic carbocycles. The molecule has 25 heavy (non-hydrogen) atoms. The number of benzene rings is 2. The van der Waals surface area contributed by atoms with Crippen LogP contribution in [0.4, 0.5) is 0 Å². The van der Waals surface area contributed by atoms with Crippen LogP contribution in [-0.2, 0) is 6.42 Å². The maximum atomic E-state index is 12.2. The lowest BCUT2D eigenvalue weighted by atomic mass is 10.1. The molecule has 0 aliphatic rings. The molecule has 6 nitrogen and oxygen atoms in total. The summed E-state index contributed by atoms with van der Waals surface area (Å²) < 4.78 is 16.4. The Balaban J connectivity index is 2.05. The summed E-state index contributed by atoms with van der Waals surface area (Å²) >= 11 is 3.49. The van der Waals surface area contributed by atoms with Crippen molar-refractivity contribution >= 4 is 21.8 Å². The van der Waals surface area contributed by atoms with Gasteiger partial charge in [-0.15, -0.1) is 0 Å². The number of ether oxygens (including phenoxy) is 3. The summed E-state index contributed by atoms with van der Waals surface area (Å²) in [5.74, 6) is 0.971. The third-order valence-corrected chi connectivity index (χ3v) is 4.43. The van der Waals surface area contributed by atoms with E-state index in [-0.39, 0.29) is 23.0 Å². The van der Waals surface area contributed by atoms with Crippen LogP contribution in [0.1, 0.15) is 15.9 Å². The molecule has 0 aliphatic carbocycles. The van der Waals surface area contributed by atoms with Crippen molar-refractivity contribution in [2.75, 3.05) is 27.9 Å². The second-order valence-electron chi connectivity index (χ2n) is 5.16. The summed E-state index contributed by atoms with van der Waals surface area (Å²) in [6.07, 6.45) is 0.581. The predicted molar refractivity (Wildman–Crippen MR) is 97.9 cm³/mol. The molecule has 0 spiro atoms. The second-order valence-corrected chi connectivity index (χ2v) is 6.02. The van der Waals surface area contributed by atoms with Crippen LogP contribution in [-0.4, -0.2) is 38.9 Å². The van der Waals surface area contributed by atoms with Gasteiger partial charge in [0, 0.05) is 11.0 Å². The van der Waals surface area contributed by atoms with Crippen molar-refractivity contribution in [1.82, 2.24) is 5.32 Å². The average molecular weight is 410 g/mol. The van der Waals surface area contributed by atoms with Crippen LogP contribution >= 0.6 is 15.9 Å². The van der Waals surface area contributed by atoms with Crippen LogP contribution in [0.25, 0.3) is 0 Å². The first-order chi connectivity index (χ1) is 12.0. The number of nitrogens with one attached hydrogen (secondary N) is 1. The van der Waals surface area contributed by atoms with Crippen molar-refractivity contribution in [1.29, 1.82) is 0 Å². The number of carbonyl (C=O) groups excluding carboxylic acids is 1. The van der Waals surface area contributed by atoms with Crippen LogP contribution in [0.2, 0.25) is 0 Å². The molecule has 0 aromatic heterocycles. The average Bonchev–Trinajstić information content (AvgIpc) is 2.62. The van der Waals surface area contributed by atoms with E-state index in [1.807, 2.05) is 12.1 Å². The van der Waals surface area contributed by atoms with Gasteiger partial charge in [-0.05, 0) is 36.2 Å². The highest BCUT2D eigenvalue weighted by atomic mass is 79.9. The third-order valence-electron chi connectivity index (χ3n) is 3.70. The number of carbonyl (C=O) groups is 1. The summed E-state index contributed by atoms with van der Waals surface area (Å²) in [7, 11) is 4.58. The molecule has 134 valence electrons. The topological polar surface area (TPSA) is 77.0 Å². The van der Waals surface area contributed by atoms with Crippen molar-refractivity contribution in [2.45, 2.75) is 6.42 Å². The zero-order chi connectivity index (χ0) is 18.4. The van der Waals surface area contributed by atoms with E-state index in [0.29, 0.717) is 24.5 Å². The van der Waals surface area contributed by atoms with Crippen LogP contribution in [0.5, 0.6) is 23.0 Å². The summed E-state index contributed by atoms with van der Waals surface area (Å²) in [5.41, 5.74) is 1.14. The molecular formula is C18H20BrNO5. The van der Waals surface area contributed by atoms with Crippen LogP contribution in [0.3, 0.4) is 0 Å². The van der Waals surface area contributed by atoms with Crippen LogP contribution in [0, 0.1) is 0 Å². The molecule has 0 fully saturated rings. The van der Waals surface area contributed by atoms with Gasteiger partial charge in [-0.25, -0.2) is 0 Å². The van der Waals surface area contributed by atoms with Gasteiger partial charge in [-0.1, -0.05) is 22.0 Å². The van der Waals surface area contributed by atoms with Crippen LogP contribution < -0.4 is 19.5 Å². The Bertz CT molecular complexity index is 763. The van der Waals surface area contributed by atoms with Gasteiger partial charge in [-0.2, -0.15) is 0 Å². The molecule has 2 rings (SSSR count). The lowest BCUT2D eigenvalue weighted by molar-refractivity contribution is 0.0951. The number of hydrogen-bond acceptors (Lipinski definition) is 5. The Morgan fingerprint density at radius 1 is 1.08 bits per heavy atom. The minimum Gasteiger partial charge on any atom is -0.504 e. The number of amides is 1. The van der Waals surface area contributed by atoms with E-state index >= 15 is 0 Å². The Labute approximate surface area is 154 Å². The van der Waals surface area contributed by atoms with Crippen molar-refractivity contribution in [3.8, 4) is 23.0 Å². The first-order valence-electron chi connectivity index (χ1n) is 7.56. The zero-order valence-corrected chi connectivity index (χ0v) is 15.8. The second kappa shape index (κ2) is 8.62. The molecule has 0 saturated carbocycles.